The van der Waals surface area contributed by atoms with Crippen molar-refractivity contribution < 1.29 is 23.5 Å². The van der Waals surface area contributed by atoms with E-state index in [1.165, 1.54) is 35.5 Å². The van der Waals surface area contributed by atoms with Crippen LogP contribution >= 0.6 is 22.9 Å². The Labute approximate surface area is 235 Å². The number of carbonyl (C=O) groups excluding carboxylic acids is 2. The highest BCUT2D eigenvalue weighted by Crippen LogP contribution is 2.37. The van der Waals surface area contributed by atoms with Crippen molar-refractivity contribution in [3.05, 3.63) is 56.0 Å². The van der Waals surface area contributed by atoms with Crippen molar-refractivity contribution in [3.8, 4) is 5.75 Å². The molecule has 1 saturated heterocycles. The lowest BCUT2D eigenvalue weighted by molar-refractivity contribution is -0.125. The Morgan fingerprint density at radius 2 is 2.08 bits per heavy atom. The van der Waals surface area contributed by atoms with Gasteiger partial charge in [-0.3, -0.25) is 9.59 Å². The summed E-state index contributed by atoms with van der Waals surface area (Å²) in [6.07, 6.45) is 1.68. The summed E-state index contributed by atoms with van der Waals surface area (Å²) in [6.45, 7) is 8.76. The number of hydrogen-bond acceptors (Lipinski definition) is 6. The smallest absolute Gasteiger partial charge is 0.256 e. The molecule has 1 atom stereocenters. The van der Waals surface area contributed by atoms with Crippen LogP contribution in [0, 0.1) is 5.82 Å². The Balaban J connectivity index is 1.43. The van der Waals surface area contributed by atoms with Gasteiger partial charge in [0, 0.05) is 41.8 Å². The predicted octanol–water partition coefficient (Wildman–Crippen LogP) is 4.31. The fourth-order valence-electron chi connectivity index (χ4n) is 4.40. The second-order valence-corrected chi connectivity index (χ2v) is 11.0. The van der Waals surface area contributed by atoms with Crippen LogP contribution in [0.3, 0.4) is 0 Å². The van der Waals surface area contributed by atoms with Crippen LogP contribution in [-0.2, 0) is 22.6 Å². The van der Waals surface area contributed by atoms with E-state index >= 15 is 0 Å². The van der Waals surface area contributed by atoms with Crippen LogP contribution in [0.4, 0.5) is 4.39 Å². The predicted molar refractivity (Wildman–Crippen MR) is 151 cm³/mol. The lowest BCUT2D eigenvalue weighted by atomic mass is 10.1. The standard InChI is InChI=1S/C27H31ClFN5O4S/c1-15(28)24(33-27(30-3)32-19-5-7-38-8-6-19)22-12-21-23(39-22)14-34(26(21)36)16(2)25(35)31-13-17-9-18(29)11-20(10-17)37-4/h9-12,16,19H,3,5-8,13-14H2,1-2,4H3,(H,31,35)(H,32,33)/b24-15+/t16-/m1/s1. The van der Waals surface area contributed by atoms with E-state index in [9.17, 15) is 14.0 Å². The Hall–Kier alpha value is -3.28. The number of nitrogens with one attached hydrogen (secondary N) is 2. The molecule has 1 fully saturated rings. The fourth-order valence-corrected chi connectivity index (χ4v) is 5.80. The van der Waals surface area contributed by atoms with E-state index in [0.29, 0.717) is 46.8 Å². The number of ether oxygens (including phenoxy) is 2. The molecular formula is C27H31ClFN5O4S. The van der Waals surface area contributed by atoms with Gasteiger partial charge in [0.1, 0.15) is 17.6 Å². The third-order valence-electron chi connectivity index (χ3n) is 6.58. The molecule has 2 N–H and O–H groups in total. The van der Waals surface area contributed by atoms with E-state index in [-0.39, 0.29) is 30.9 Å². The topological polar surface area (TPSA) is 105 Å². The molecule has 9 nitrogen and oxygen atoms in total. The molecule has 208 valence electrons. The second kappa shape index (κ2) is 12.7. The molecule has 3 heterocycles. The first-order valence-corrected chi connectivity index (χ1v) is 13.7. The van der Waals surface area contributed by atoms with Crippen molar-refractivity contribution >= 4 is 53.1 Å². The maximum Gasteiger partial charge on any atom is 0.256 e. The molecule has 0 spiro atoms. The highest BCUT2D eigenvalue weighted by molar-refractivity contribution is 7.13. The number of carbonyl (C=O) groups is 2. The molecule has 0 saturated carbocycles. The number of thiophene rings is 1. The van der Waals surface area contributed by atoms with Gasteiger partial charge in [0.15, 0.2) is 0 Å². The first-order valence-electron chi connectivity index (χ1n) is 12.5. The highest BCUT2D eigenvalue weighted by atomic mass is 35.5. The Kier molecular flexibility index (Phi) is 9.36. The molecule has 12 heteroatoms. The van der Waals surface area contributed by atoms with Gasteiger partial charge < -0.3 is 25.0 Å². The Bertz CT molecular complexity index is 1320. The van der Waals surface area contributed by atoms with E-state index in [0.717, 1.165) is 22.6 Å². The first-order chi connectivity index (χ1) is 18.7. The quantitative estimate of drug-likeness (QED) is 0.361. The maximum absolute atomic E-state index is 13.8. The lowest BCUT2D eigenvalue weighted by Crippen LogP contribution is -2.45. The molecule has 39 heavy (non-hydrogen) atoms. The summed E-state index contributed by atoms with van der Waals surface area (Å²) >= 11 is 7.81. The van der Waals surface area contributed by atoms with Crippen LogP contribution < -0.4 is 15.4 Å². The Morgan fingerprint density at radius 3 is 2.72 bits per heavy atom. The normalized spacial score (nSPS) is 17.4. The third-order valence-corrected chi connectivity index (χ3v) is 7.88. The van der Waals surface area contributed by atoms with Gasteiger partial charge in [0.25, 0.3) is 5.91 Å². The average molecular weight is 576 g/mol. The number of rotatable bonds is 8. The van der Waals surface area contributed by atoms with E-state index < -0.39 is 11.9 Å². The summed E-state index contributed by atoms with van der Waals surface area (Å²) in [7, 11) is 1.45. The molecule has 2 amide bonds. The molecule has 2 aliphatic heterocycles. The van der Waals surface area contributed by atoms with Crippen LogP contribution in [0.25, 0.3) is 5.70 Å². The monoisotopic (exact) mass is 575 g/mol. The van der Waals surface area contributed by atoms with Crippen molar-refractivity contribution in [2.24, 2.45) is 9.98 Å². The lowest BCUT2D eigenvalue weighted by Gasteiger charge is -2.24. The first kappa shape index (κ1) is 28.7. The summed E-state index contributed by atoms with van der Waals surface area (Å²) in [6, 6.07) is 5.45. The van der Waals surface area contributed by atoms with Crippen LogP contribution in [0.15, 0.2) is 39.3 Å². The summed E-state index contributed by atoms with van der Waals surface area (Å²) in [5.74, 6) is -0.325. The molecule has 2 aromatic rings. The molecule has 0 radical (unpaired) electrons. The number of benzene rings is 1. The number of allylic oxidation sites excluding steroid dienone is 1. The van der Waals surface area contributed by atoms with Crippen molar-refractivity contribution in [1.29, 1.82) is 0 Å². The molecule has 2 aliphatic rings. The number of amides is 2. The van der Waals surface area contributed by atoms with Gasteiger partial charge in [0.2, 0.25) is 11.9 Å². The zero-order valence-corrected chi connectivity index (χ0v) is 23.6. The number of halogens is 2. The van der Waals surface area contributed by atoms with Crippen LogP contribution in [0.5, 0.6) is 5.75 Å². The zero-order chi connectivity index (χ0) is 28.1. The molecule has 1 aromatic carbocycles. The highest BCUT2D eigenvalue weighted by Gasteiger charge is 2.36. The van der Waals surface area contributed by atoms with Crippen molar-refractivity contribution in [2.45, 2.75) is 51.9 Å². The van der Waals surface area contributed by atoms with Gasteiger partial charge in [-0.1, -0.05) is 11.6 Å². The number of methoxy groups -OCH3 is 1. The maximum atomic E-state index is 13.8. The second-order valence-electron chi connectivity index (χ2n) is 9.28. The molecule has 0 bridgehead atoms. The van der Waals surface area contributed by atoms with Gasteiger partial charge in [-0.05, 0) is 57.2 Å². The van der Waals surface area contributed by atoms with Gasteiger partial charge in [-0.25, -0.2) is 14.4 Å². The van der Waals surface area contributed by atoms with E-state index in [2.05, 4.69) is 27.3 Å². The largest absolute Gasteiger partial charge is 0.497 e. The average Bonchev–Trinajstić information content (AvgIpc) is 3.47. The van der Waals surface area contributed by atoms with E-state index in [4.69, 9.17) is 21.1 Å². The third kappa shape index (κ3) is 6.84. The summed E-state index contributed by atoms with van der Waals surface area (Å²) in [4.78, 5) is 37.8. The van der Waals surface area contributed by atoms with Gasteiger partial charge in [0.05, 0.1) is 29.8 Å². The Morgan fingerprint density at radius 1 is 1.33 bits per heavy atom. The molecule has 0 unspecified atom stereocenters. The van der Waals surface area contributed by atoms with Gasteiger partial charge >= 0.3 is 0 Å². The van der Waals surface area contributed by atoms with Crippen LogP contribution in [0.1, 0.15) is 52.4 Å². The minimum Gasteiger partial charge on any atom is -0.497 e. The van der Waals surface area contributed by atoms with Crippen molar-refractivity contribution in [3.63, 3.8) is 0 Å². The summed E-state index contributed by atoms with van der Waals surface area (Å²) < 4.78 is 24.2. The molecule has 4 rings (SSSR count). The molecule has 1 aromatic heterocycles. The number of guanidine groups is 1. The van der Waals surface area contributed by atoms with E-state index in [1.54, 1.807) is 26.0 Å². The number of hydrogen-bond donors (Lipinski definition) is 2. The van der Waals surface area contributed by atoms with Gasteiger partial charge in [-0.2, -0.15) is 0 Å². The van der Waals surface area contributed by atoms with Crippen LogP contribution in [0.2, 0.25) is 0 Å². The van der Waals surface area contributed by atoms with Gasteiger partial charge in [-0.15, -0.1) is 11.3 Å². The van der Waals surface area contributed by atoms with E-state index in [1.807, 2.05) is 0 Å². The number of aliphatic imine (C=N–C) groups is 2. The minimum atomic E-state index is -0.723. The molecule has 0 aliphatic carbocycles. The number of nitrogens with zero attached hydrogens (tertiary/aromatic N) is 3. The summed E-state index contributed by atoms with van der Waals surface area (Å²) in [5.41, 5.74) is 1.58. The van der Waals surface area contributed by atoms with Crippen molar-refractivity contribution in [1.82, 2.24) is 15.5 Å². The fraction of sp³-hybridized carbons (Fsp3) is 0.407. The number of fused-ring (bicyclic) bond motifs is 1. The zero-order valence-electron chi connectivity index (χ0n) is 22.1. The van der Waals surface area contributed by atoms with Crippen LogP contribution in [-0.4, -0.2) is 61.8 Å². The minimum absolute atomic E-state index is 0.105. The van der Waals surface area contributed by atoms with Crippen molar-refractivity contribution in [2.75, 3.05) is 20.3 Å². The SMILES string of the molecule is C=N/C(=N\C(=C(/C)Cl)c1cc2c(s1)CN([C@H](C)C(=O)NCc1cc(F)cc(OC)c1)C2=O)NC1CCOCC1. The summed E-state index contributed by atoms with van der Waals surface area (Å²) in [5, 5.41) is 6.52. The molecular weight excluding hydrogens is 545 g/mol.